The average Bonchev–Trinajstić information content (AvgIpc) is 2.48. The van der Waals surface area contributed by atoms with Gasteiger partial charge in [0.1, 0.15) is 0 Å². The van der Waals surface area contributed by atoms with Gasteiger partial charge in [0.25, 0.3) is 0 Å². The van der Waals surface area contributed by atoms with Crippen LogP contribution < -0.4 is 0 Å². The SMILES string of the molecule is CCOC(=O)C/C=C1\CCOC1=O. The molecule has 0 saturated carbocycles. The Hall–Kier alpha value is -1.32. The Balaban J connectivity index is 2.38. The molecule has 1 saturated heterocycles. The minimum atomic E-state index is -0.315. The maximum atomic E-state index is 10.9. The molecule has 13 heavy (non-hydrogen) atoms. The van der Waals surface area contributed by atoms with Gasteiger partial charge in [0.05, 0.1) is 19.6 Å². The molecule has 0 radical (unpaired) electrons. The Labute approximate surface area is 76.5 Å². The first-order valence-corrected chi connectivity index (χ1v) is 4.25. The summed E-state index contributed by atoms with van der Waals surface area (Å²) in [5, 5.41) is 0. The predicted molar refractivity (Wildman–Crippen MR) is 44.9 cm³/mol. The van der Waals surface area contributed by atoms with Gasteiger partial charge in [0, 0.05) is 12.0 Å². The van der Waals surface area contributed by atoms with E-state index in [0.29, 0.717) is 25.2 Å². The van der Waals surface area contributed by atoms with Gasteiger partial charge in [-0.2, -0.15) is 0 Å². The van der Waals surface area contributed by atoms with Gasteiger partial charge in [-0.15, -0.1) is 0 Å². The maximum Gasteiger partial charge on any atom is 0.333 e. The molecule has 1 aliphatic rings. The normalized spacial score (nSPS) is 18.8. The van der Waals surface area contributed by atoms with Gasteiger partial charge >= 0.3 is 11.9 Å². The van der Waals surface area contributed by atoms with E-state index in [1.54, 1.807) is 13.0 Å². The van der Waals surface area contributed by atoms with E-state index in [2.05, 4.69) is 0 Å². The van der Waals surface area contributed by atoms with E-state index in [1.807, 2.05) is 0 Å². The van der Waals surface area contributed by atoms with E-state index in [0.717, 1.165) is 0 Å². The van der Waals surface area contributed by atoms with Crippen LogP contribution in [0.4, 0.5) is 0 Å². The van der Waals surface area contributed by atoms with Crippen LogP contribution >= 0.6 is 0 Å². The van der Waals surface area contributed by atoms with Crippen LogP contribution in [-0.2, 0) is 19.1 Å². The topological polar surface area (TPSA) is 52.6 Å². The molecule has 0 atom stereocenters. The third kappa shape index (κ3) is 2.89. The number of cyclic esters (lactones) is 1. The second-order valence-corrected chi connectivity index (χ2v) is 2.62. The molecule has 0 aliphatic carbocycles. The van der Waals surface area contributed by atoms with Crippen molar-refractivity contribution < 1.29 is 19.1 Å². The summed E-state index contributed by atoms with van der Waals surface area (Å²) in [6.07, 6.45) is 2.32. The zero-order valence-electron chi connectivity index (χ0n) is 7.54. The quantitative estimate of drug-likeness (QED) is 0.481. The Morgan fingerprint density at radius 3 is 3.00 bits per heavy atom. The standard InChI is InChI=1S/C9H12O4/c1-2-12-8(10)4-3-7-5-6-13-9(7)11/h3H,2,4-6H2,1H3/b7-3+. The zero-order chi connectivity index (χ0) is 9.68. The monoisotopic (exact) mass is 184 g/mol. The highest BCUT2D eigenvalue weighted by Gasteiger charge is 2.18. The van der Waals surface area contributed by atoms with E-state index < -0.39 is 0 Å². The van der Waals surface area contributed by atoms with Crippen molar-refractivity contribution in [2.24, 2.45) is 0 Å². The predicted octanol–water partition coefficient (Wildman–Crippen LogP) is 0.813. The first-order chi connectivity index (χ1) is 6.24. The van der Waals surface area contributed by atoms with Crippen molar-refractivity contribution in [3.8, 4) is 0 Å². The Morgan fingerprint density at radius 1 is 1.69 bits per heavy atom. The van der Waals surface area contributed by atoms with Crippen LogP contribution in [0.5, 0.6) is 0 Å². The van der Waals surface area contributed by atoms with Gasteiger partial charge in [0.2, 0.25) is 0 Å². The van der Waals surface area contributed by atoms with Crippen LogP contribution in [-0.4, -0.2) is 25.2 Å². The van der Waals surface area contributed by atoms with Gasteiger partial charge < -0.3 is 9.47 Å². The number of ether oxygens (including phenoxy) is 2. The third-order valence-corrected chi connectivity index (χ3v) is 1.69. The van der Waals surface area contributed by atoms with Crippen molar-refractivity contribution in [2.45, 2.75) is 19.8 Å². The molecule has 0 spiro atoms. The van der Waals surface area contributed by atoms with Gasteiger partial charge in [-0.3, -0.25) is 4.79 Å². The molecule has 1 rings (SSSR count). The highest BCUT2D eigenvalue weighted by atomic mass is 16.5. The van der Waals surface area contributed by atoms with E-state index in [9.17, 15) is 9.59 Å². The molecule has 0 aromatic heterocycles. The van der Waals surface area contributed by atoms with Crippen molar-refractivity contribution in [1.82, 2.24) is 0 Å². The van der Waals surface area contributed by atoms with Crippen LogP contribution in [0.25, 0.3) is 0 Å². The zero-order valence-corrected chi connectivity index (χ0v) is 7.54. The molecule has 0 aromatic rings. The van der Waals surface area contributed by atoms with Crippen molar-refractivity contribution >= 4 is 11.9 Å². The summed E-state index contributed by atoms with van der Waals surface area (Å²) in [6.45, 7) is 2.54. The molecular weight excluding hydrogens is 172 g/mol. The molecular formula is C9H12O4. The summed E-state index contributed by atoms with van der Waals surface area (Å²) >= 11 is 0. The van der Waals surface area contributed by atoms with E-state index in [4.69, 9.17) is 9.47 Å². The van der Waals surface area contributed by atoms with Gasteiger partial charge in [-0.05, 0) is 6.92 Å². The lowest BCUT2D eigenvalue weighted by atomic mass is 10.2. The summed E-state index contributed by atoms with van der Waals surface area (Å²) in [7, 11) is 0. The van der Waals surface area contributed by atoms with Gasteiger partial charge in [-0.1, -0.05) is 6.08 Å². The highest BCUT2D eigenvalue weighted by molar-refractivity contribution is 5.91. The van der Waals surface area contributed by atoms with Crippen molar-refractivity contribution in [3.05, 3.63) is 11.6 Å². The number of rotatable bonds is 3. The molecule has 4 heteroatoms. The largest absolute Gasteiger partial charge is 0.466 e. The molecule has 72 valence electrons. The smallest absolute Gasteiger partial charge is 0.333 e. The summed E-state index contributed by atoms with van der Waals surface area (Å²) < 4.78 is 9.40. The Kier molecular flexibility index (Phi) is 3.49. The first-order valence-electron chi connectivity index (χ1n) is 4.25. The molecule has 1 aliphatic heterocycles. The van der Waals surface area contributed by atoms with E-state index >= 15 is 0 Å². The molecule has 1 fully saturated rings. The van der Waals surface area contributed by atoms with E-state index in [-0.39, 0.29) is 18.4 Å². The van der Waals surface area contributed by atoms with Gasteiger partial charge in [-0.25, -0.2) is 4.79 Å². The maximum absolute atomic E-state index is 10.9. The lowest BCUT2D eigenvalue weighted by molar-refractivity contribution is -0.142. The number of carbonyl (C=O) groups is 2. The van der Waals surface area contributed by atoms with Crippen molar-refractivity contribution in [1.29, 1.82) is 0 Å². The fourth-order valence-corrected chi connectivity index (χ4v) is 1.06. The number of carbonyl (C=O) groups excluding carboxylic acids is 2. The molecule has 4 nitrogen and oxygen atoms in total. The second-order valence-electron chi connectivity index (χ2n) is 2.62. The number of hydrogen-bond acceptors (Lipinski definition) is 4. The minimum absolute atomic E-state index is 0.151. The first kappa shape index (κ1) is 9.77. The average molecular weight is 184 g/mol. The second kappa shape index (κ2) is 4.64. The summed E-state index contributed by atoms with van der Waals surface area (Å²) in [5.41, 5.74) is 0.577. The van der Waals surface area contributed by atoms with E-state index in [1.165, 1.54) is 0 Å². The molecule has 1 heterocycles. The summed E-state index contributed by atoms with van der Waals surface area (Å²) in [4.78, 5) is 21.8. The Morgan fingerprint density at radius 2 is 2.46 bits per heavy atom. The Bertz CT molecular complexity index is 242. The van der Waals surface area contributed by atoms with Crippen LogP contribution in [0.3, 0.4) is 0 Å². The number of hydrogen-bond donors (Lipinski definition) is 0. The minimum Gasteiger partial charge on any atom is -0.466 e. The highest BCUT2D eigenvalue weighted by Crippen LogP contribution is 2.13. The molecule has 0 aromatic carbocycles. The lowest BCUT2D eigenvalue weighted by Crippen LogP contribution is -2.03. The molecule has 0 amide bonds. The lowest BCUT2D eigenvalue weighted by Gasteiger charge is -1.97. The summed E-state index contributed by atoms with van der Waals surface area (Å²) in [6, 6.07) is 0. The summed E-state index contributed by atoms with van der Waals surface area (Å²) in [5.74, 6) is -0.626. The van der Waals surface area contributed by atoms with Crippen LogP contribution in [0.15, 0.2) is 11.6 Å². The molecule has 0 unspecified atom stereocenters. The van der Waals surface area contributed by atoms with Crippen LogP contribution in [0.2, 0.25) is 0 Å². The van der Waals surface area contributed by atoms with Crippen LogP contribution in [0.1, 0.15) is 19.8 Å². The molecule has 0 bridgehead atoms. The fraction of sp³-hybridized carbons (Fsp3) is 0.556. The van der Waals surface area contributed by atoms with Crippen molar-refractivity contribution in [3.63, 3.8) is 0 Å². The third-order valence-electron chi connectivity index (χ3n) is 1.69. The molecule has 0 N–H and O–H groups in total. The number of esters is 2. The van der Waals surface area contributed by atoms with Gasteiger partial charge in [0.15, 0.2) is 0 Å². The van der Waals surface area contributed by atoms with Crippen LogP contribution in [0, 0.1) is 0 Å². The van der Waals surface area contributed by atoms with Crippen molar-refractivity contribution in [2.75, 3.05) is 13.2 Å². The fourth-order valence-electron chi connectivity index (χ4n) is 1.06.